The smallest absolute Gasteiger partial charge is 0.295 e. The molecule has 7 heteroatoms. The molecule has 36 heavy (non-hydrogen) atoms. The largest absolute Gasteiger partial charge is 0.507 e. The average Bonchev–Trinajstić information content (AvgIpc) is 3.14. The first-order chi connectivity index (χ1) is 17.4. The third kappa shape index (κ3) is 5.11. The van der Waals surface area contributed by atoms with Crippen molar-refractivity contribution < 1.29 is 28.9 Å². The van der Waals surface area contributed by atoms with E-state index in [9.17, 15) is 14.7 Å². The molecule has 1 saturated heterocycles. The zero-order valence-corrected chi connectivity index (χ0v) is 20.6. The van der Waals surface area contributed by atoms with Crippen LogP contribution in [-0.4, -0.2) is 49.1 Å². The lowest BCUT2D eigenvalue weighted by Crippen LogP contribution is -2.31. The van der Waals surface area contributed by atoms with Gasteiger partial charge in [-0.2, -0.15) is 0 Å². The van der Waals surface area contributed by atoms with Crippen molar-refractivity contribution in [3.8, 4) is 17.2 Å². The Labute approximate surface area is 210 Å². The second kappa shape index (κ2) is 11.1. The Morgan fingerprint density at radius 2 is 1.69 bits per heavy atom. The summed E-state index contributed by atoms with van der Waals surface area (Å²) in [6.07, 6.45) is 0.544. The normalized spacial score (nSPS) is 16.9. The molecule has 1 unspecified atom stereocenters. The Morgan fingerprint density at radius 1 is 0.944 bits per heavy atom. The van der Waals surface area contributed by atoms with E-state index in [2.05, 4.69) is 0 Å². The number of aryl methyl sites for hydroxylation is 1. The van der Waals surface area contributed by atoms with Crippen molar-refractivity contribution in [3.63, 3.8) is 0 Å². The molecule has 0 aliphatic carbocycles. The predicted molar refractivity (Wildman–Crippen MR) is 136 cm³/mol. The number of methoxy groups -OCH3 is 2. The second-order valence-electron chi connectivity index (χ2n) is 8.51. The summed E-state index contributed by atoms with van der Waals surface area (Å²) < 4.78 is 16.5. The van der Waals surface area contributed by atoms with Gasteiger partial charge in [0.05, 0.1) is 18.7 Å². The number of hydrogen-bond acceptors (Lipinski definition) is 6. The standard InChI is InChI=1S/C29H29NO6/c1-19-17-21(13-14-24(19)35-3)27(31)25-26(30(15-8-16-34-2)29(33)28(25)32)20-9-7-12-23(18-20)36-22-10-5-4-6-11-22/h4-7,9-14,17-18,26,31H,8,15-16H2,1-3H3. The third-order valence-electron chi connectivity index (χ3n) is 6.11. The van der Waals surface area contributed by atoms with Crippen molar-refractivity contribution >= 4 is 17.4 Å². The van der Waals surface area contributed by atoms with Gasteiger partial charge in [0, 0.05) is 25.8 Å². The van der Waals surface area contributed by atoms with Gasteiger partial charge in [-0.25, -0.2) is 0 Å². The minimum Gasteiger partial charge on any atom is -0.507 e. The average molecular weight is 488 g/mol. The minimum absolute atomic E-state index is 0.0406. The fourth-order valence-electron chi connectivity index (χ4n) is 4.39. The number of likely N-dealkylation sites (tertiary alicyclic amines) is 1. The van der Waals surface area contributed by atoms with Crippen LogP contribution in [0.15, 0.2) is 78.4 Å². The zero-order chi connectivity index (χ0) is 25.7. The Hall–Kier alpha value is -4.10. The van der Waals surface area contributed by atoms with Crippen LogP contribution in [0.25, 0.3) is 5.76 Å². The number of nitrogens with zero attached hydrogens (tertiary/aromatic N) is 1. The van der Waals surface area contributed by atoms with Crippen LogP contribution in [0.1, 0.15) is 29.2 Å². The first-order valence-corrected chi connectivity index (χ1v) is 11.7. The monoisotopic (exact) mass is 487 g/mol. The molecule has 1 aliphatic rings. The van der Waals surface area contributed by atoms with E-state index in [0.29, 0.717) is 47.9 Å². The number of hydrogen-bond donors (Lipinski definition) is 1. The number of para-hydroxylation sites is 1. The van der Waals surface area contributed by atoms with Gasteiger partial charge in [0.25, 0.3) is 11.7 Å². The topological polar surface area (TPSA) is 85.3 Å². The number of amides is 1. The summed E-state index contributed by atoms with van der Waals surface area (Å²) >= 11 is 0. The predicted octanol–water partition coefficient (Wildman–Crippen LogP) is 5.25. The molecular formula is C29H29NO6. The van der Waals surface area contributed by atoms with Crippen LogP contribution in [0.3, 0.4) is 0 Å². The Balaban J connectivity index is 1.79. The number of carbonyl (C=O) groups excluding carboxylic acids is 2. The van der Waals surface area contributed by atoms with E-state index in [1.54, 1.807) is 50.6 Å². The number of benzene rings is 3. The Kier molecular flexibility index (Phi) is 7.71. The quantitative estimate of drug-likeness (QED) is 0.192. The van der Waals surface area contributed by atoms with Crippen molar-refractivity contribution in [1.29, 1.82) is 0 Å². The molecule has 1 heterocycles. The molecule has 0 spiro atoms. The number of ether oxygens (including phenoxy) is 3. The van der Waals surface area contributed by atoms with E-state index in [-0.39, 0.29) is 11.3 Å². The highest BCUT2D eigenvalue weighted by molar-refractivity contribution is 6.46. The van der Waals surface area contributed by atoms with E-state index >= 15 is 0 Å². The molecule has 0 saturated carbocycles. The van der Waals surface area contributed by atoms with Gasteiger partial charge in [-0.1, -0.05) is 30.3 Å². The lowest BCUT2D eigenvalue weighted by atomic mass is 9.94. The van der Waals surface area contributed by atoms with Crippen molar-refractivity contribution in [1.82, 2.24) is 4.90 Å². The first-order valence-electron chi connectivity index (χ1n) is 11.7. The van der Waals surface area contributed by atoms with E-state index in [4.69, 9.17) is 14.2 Å². The molecule has 0 bridgehead atoms. The van der Waals surface area contributed by atoms with Gasteiger partial charge in [0.2, 0.25) is 0 Å². The molecule has 186 valence electrons. The fourth-order valence-corrected chi connectivity index (χ4v) is 4.39. The number of aliphatic hydroxyl groups excluding tert-OH is 1. The van der Waals surface area contributed by atoms with Crippen LogP contribution >= 0.6 is 0 Å². The summed E-state index contributed by atoms with van der Waals surface area (Å²) in [5.41, 5.74) is 1.93. The maximum atomic E-state index is 13.2. The highest BCUT2D eigenvalue weighted by Crippen LogP contribution is 2.41. The highest BCUT2D eigenvalue weighted by atomic mass is 16.5. The van der Waals surface area contributed by atoms with Gasteiger partial charge in [-0.05, 0) is 66.9 Å². The van der Waals surface area contributed by atoms with Crippen molar-refractivity contribution in [3.05, 3.63) is 95.1 Å². The van der Waals surface area contributed by atoms with Crippen LogP contribution in [0, 0.1) is 6.92 Å². The summed E-state index contributed by atoms with van der Waals surface area (Å²) in [5.74, 6) is 0.274. The van der Waals surface area contributed by atoms with Crippen LogP contribution in [0.4, 0.5) is 0 Å². The summed E-state index contributed by atoms with van der Waals surface area (Å²) in [7, 11) is 3.15. The minimum atomic E-state index is -0.774. The van der Waals surface area contributed by atoms with E-state index < -0.39 is 17.7 Å². The SMILES string of the molecule is COCCCN1C(=O)C(=O)C(=C(O)c2ccc(OC)c(C)c2)C1c1cccc(Oc2ccccc2)c1. The van der Waals surface area contributed by atoms with Crippen LogP contribution < -0.4 is 9.47 Å². The number of rotatable bonds is 9. The number of carbonyl (C=O) groups is 2. The zero-order valence-electron chi connectivity index (χ0n) is 20.6. The van der Waals surface area contributed by atoms with Crippen molar-refractivity contribution in [2.24, 2.45) is 0 Å². The van der Waals surface area contributed by atoms with Gasteiger partial charge < -0.3 is 24.2 Å². The molecule has 1 N–H and O–H groups in total. The summed E-state index contributed by atoms with van der Waals surface area (Å²) in [5, 5.41) is 11.3. The maximum absolute atomic E-state index is 13.2. The fraction of sp³-hybridized carbons (Fsp3) is 0.241. The van der Waals surface area contributed by atoms with Crippen LogP contribution in [0.2, 0.25) is 0 Å². The summed E-state index contributed by atoms with van der Waals surface area (Å²) in [6.45, 7) is 2.58. The van der Waals surface area contributed by atoms with Crippen LogP contribution in [-0.2, 0) is 14.3 Å². The molecule has 0 radical (unpaired) electrons. The number of Topliss-reactive ketones (excluding diaryl/α,β-unsaturated/α-hetero) is 1. The van der Waals surface area contributed by atoms with E-state index in [1.165, 1.54) is 4.90 Å². The van der Waals surface area contributed by atoms with Gasteiger partial charge in [-0.3, -0.25) is 9.59 Å². The number of aliphatic hydroxyl groups is 1. The molecule has 4 rings (SSSR count). The lowest BCUT2D eigenvalue weighted by Gasteiger charge is -2.25. The molecule has 0 aromatic heterocycles. The van der Waals surface area contributed by atoms with Crippen molar-refractivity contribution in [2.75, 3.05) is 27.4 Å². The first kappa shape index (κ1) is 25.0. The molecule has 1 fully saturated rings. The Morgan fingerprint density at radius 3 is 2.39 bits per heavy atom. The van der Waals surface area contributed by atoms with Gasteiger partial charge in [0.15, 0.2) is 0 Å². The molecule has 7 nitrogen and oxygen atoms in total. The molecule has 1 amide bonds. The van der Waals surface area contributed by atoms with Gasteiger partial charge in [-0.15, -0.1) is 0 Å². The Bertz CT molecular complexity index is 1280. The summed E-state index contributed by atoms with van der Waals surface area (Å²) in [6, 6.07) is 20.9. The molecular weight excluding hydrogens is 458 g/mol. The second-order valence-corrected chi connectivity index (χ2v) is 8.51. The van der Waals surface area contributed by atoms with Gasteiger partial charge >= 0.3 is 0 Å². The molecule has 3 aromatic rings. The third-order valence-corrected chi connectivity index (χ3v) is 6.11. The molecule has 1 aliphatic heterocycles. The maximum Gasteiger partial charge on any atom is 0.295 e. The van der Waals surface area contributed by atoms with E-state index in [1.807, 2.05) is 43.3 Å². The molecule has 3 aromatic carbocycles. The number of ketones is 1. The van der Waals surface area contributed by atoms with Crippen molar-refractivity contribution in [2.45, 2.75) is 19.4 Å². The summed E-state index contributed by atoms with van der Waals surface area (Å²) in [4.78, 5) is 27.8. The van der Waals surface area contributed by atoms with E-state index in [0.717, 1.165) is 5.56 Å². The molecule has 1 atom stereocenters. The van der Waals surface area contributed by atoms with Crippen LogP contribution in [0.5, 0.6) is 17.2 Å². The lowest BCUT2D eigenvalue weighted by molar-refractivity contribution is -0.140. The van der Waals surface area contributed by atoms with Gasteiger partial charge in [0.1, 0.15) is 23.0 Å². The highest BCUT2D eigenvalue weighted by Gasteiger charge is 2.45.